The summed E-state index contributed by atoms with van der Waals surface area (Å²) in [6.45, 7) is -0.265. The first-order valence-electron chi connectivity index (χ1n) is 7.23. The van der Waals surface area contributed by atoms with Gasteiger partial charge in [-0.05, 0) is 24.3 Å². The zero-order valence-electron chi connectivity index (χ0n) is 13.5. The molecule has 0 unspecified atom stereocenters. The number of thiocarbonyl (C=S) groups is 1. The fraction of sp³-hybridized carbons (Fsp3) is 0.0667. The van der Waals surface area contributed by atoms with E-state index in [2.05, 4.69) is 5.32 Å². The molecule has 0 heterocycles. The Bertz CT molecular complexity index is 978. The maximum atomic E-state index is 12.3. The zero-order valence-corrected chi connectivity index (χ0v) is 15.1. The van der Waals surface area contributed by atoms with E-state index in [-0.39, 0.29) is 23.0 Å². The summed E-state index contributed by atoms with van der Waals surface area (Å²) < 4.78 is 29.6. The number of anilines is 1. The average molecular weight is 411 g/mol. The van der Waals surface area contributed by atoms with Crippen LogP contribution >= 0.6 is 12.2 Å². The van der Waals surface area contributed by atoms with Crippen LogP contribution in [0.15, 0.2) is 53.4 Å². The maximum Gasteiger partial charge on any atom is 0.405 e. The van der Waals surface area contributed by atoms with Crippen molar-refractivity contribution in [3.05, 3.63) is 58.6 Å². The highest BCUT2D eigenvalue weighted by atomic mass is 32.2. The molecule has 0 saturated heterocycles. The molecule has 3 N–H and O–H groups in total. The molecule has 2 aromatic rings. The predicted molar refractivity (Wildman–Crippen MR) is 99.6 cm³/mol. The van der Waals surface area contributed by atoms with Gasteiger partial charge in [-0.25, -0.2) is 4.79 Å². The number of carboxylic acid groups (broad SMARTS) is 1. The molecule has 0 radical (unpaired) electrons. The second kappa shape index (κ2) is 8.42. The van der Waals surface area contributed by atoms with Gasteiger partial charge in [-0.1, -0.05) is 30.4 Å². The Labute approximate surface area is 159 Å². The summed E-state index contributed by atoms with van der Waals surface area (Å²) in [6.07, 6.45) is -1.31. The van der Waals surface area contributed by atoms with E-state index < -0.39 is 31.7 Å². The third-order valence-corrected chi connectivity index (χ3v) is 4.57. The van der Waals surface area contributed by atoms with E-state index in [4.69, 9.17) is 21.5 Å². The van der Waals surface area contributed by atoms with Crippen LogP contribution in [-0.2, 0) is 10.1 Å². The van der Waals surface area contributed by atoms with E-state index >= 15 is 0 Å². The first kappa shape index (κ1) is 20.1. The first-order valence-corrected chi connectivity index (χ1v) is 9.05. The fourth-order valence-corrected chi connectivity index (χ4v) is 3.06. The molecule has 0 aliphatic rings. The minimum Gasteiger partial charge on any atom is -0.465 e. The lowest BCUT2D eigenvalue weighted by Gasteiger charge is -2.10. The van der Waals surface area contributed by atoms with Gasteiger partial charge in [0, 0.05) is 6.07 Å². The van der Waals surface area contributed by atoms with Gasteiger partial charge >= 0.3 is 16.2 Å². The quantitative estimate of drug-likeness (QED) is 0.270. The lowest BCUT2D eigenvalue weighted by atomic mass is 10.2. The highest BCUT2D eigenvalue weighted by molar-refractivity contribution is 7.87. The maximum absolute atomic E-state index is 12.3. The molecule has 27 heavy (non-hydrogen) atoms. The smallest absolute Gasteiger partial charge is 0.405 e. The molecule has 0 bridgehead atoms. The average Bonchev–Trinajstić information content (AvgIpc) is 2.60. The molecule has 0 aliphatic carbocycles. The van der Waals surface area contributed by atoms with E-state index in [0.29, 0.717) is 0 Å². The molecular formula is C15H13N3O7S2. The summed E-state index contributed by atoms with van der Waals surface area (Å²) in [5.74, 6) is 0.0586. The SMILES string of the molecule is O=C(O)NCC(=S)Nc1ccc(S(=O)(=O)Oc2ccccc2)cc1[N+](=O)[O-]. The number of para-hydroxylation sites is 1. The van der Waals surface area contributed by atoms with Crippen molar-refractivity contribution in [1.82, 2.24) is 5.32 Å². The molecular weight excluding hydrogens is 398 g/mol. The topological polar surface area (TPSA) is 148 Å². The second-order valence-electron chi connectivity index (χ2n) is 4.99. The normalized spacial score (nSPS) is 10.7. The van der Waals surface area contributed by atoms with E-state index in [1.807, 2.05) is 5.32 Å². The number of nitro benzene ring substituents is 1. The molecule has 12 heteroatoms. The van der Waals surface area contributed by atoms with E-state index in [9.17, 15) is 23.3 Å². The number of hydrogen-bond donors (Lipinski definition) is 3. The van der Waals surface area contributed by atoms with Gasteiger partial charge in [-0.3, -0.25) is 10.1 Å². The van der Waals surface area contributed by atoms with Crippen molar-refractivity contribution in [1.29, 1.82) is 0 Å². The van der Waals surface area contributed by atoms with Crippen molar-refractivity contribution >= 4 is 44.8 Å². The number of rotatable bonds is 7. The lowest BCUT2D eigenvalue weighted by molar-refractivity contribution is -0.384. The van der Waals surface area contributed by atoms with Crippen molar-refractivity contribution in [2.24, 2.45) is 0 Å². The molecule has 2 rings (SSSR count). The van der Waals surface area contributed by atoms with Crippen molar-refractivity contribution in [2.75, 3.05) is 11.9 Å². The zero-order chi connectivity index (χ0) is 20.0. The van der Waals surface area contributed by atoms with Crippen LogP contribution in [0.4, 0.5) is 16.2 Å². The summed E-state index contributed by atoms with van der Waals surface area (Å²) in [6, 6.07) is 10.8. The molecule has 0 fully saturated rings. The van der Waals surface area contributed by atoms with Crippen molar-refractivity contribution in [3.8, 4) is 5.75 Å². The molecule has 142 valence electrons. The molecule has 0 spiro atoms. The Morgan fingerprint density at radius 2 is 1.89 bits per heavy atom. The van der Waals surface area contributed by atoms with Crippen molar-refractivity contribution < 1.29 is 27.4 Å². The number of nitrogens with zero attached hydrogens (tertiary/aromatic N) is 1. The molecule has 0 aliphatic heterocycles. The third-order valence-electron chi connectivity index (χ3n) is 3.08. The van der Waals surface area contributed by atoms with Crippen LogP contribution in [0.2, 0.25) is 0 Å². The second-order valence-corrected chi connectivity index (χ2v) is 7.03. The molecule has 0 aromatic heterocycles. The van der Waals surface area contributed by atoms with Crippen LogP contribution in [0.5, 0.6) is 5.75 Å². The fourth-order valence-electron chi connectivity index (χ4n) is 1.92. The van der Waals surface area contributed by atoms with Crippen molar-refractivity contribution in [3.63, 3.8) is 0 Å². The third kappa shape index (κ3) is 5.62. The largest absolute Gasteiger partial charge is 0.465 e. The van der Waals surface area contributed by atoms with Gasteiger partial charge in [-0.2, -0.15) is 8.42 Å². The van der Waals surface area contributed by atoms with Gasteiger partial charge in [0.2, 0.25) is 0 Å². The Kier molecular flexibility index (Phi) is 6.26. The highest BCUT2D eigenvalue weighted by Crippen LogP contribution is 2.29. The summed E-state index contributed by atoms with van der Waals surface area (Å²) in [7, 11) is -4.29. The summed E-state index contributed by atoms with van der Waals surface area (Å²) in [5.41, 5.74) is -0.652. The molecule has 0 saturated carbocycles. The van der Waals surface area contributed by atoms with Gasteiger partial charge in [0.05, 0.1) is 16.5 Å². The van der Waals surface area contributed by atoms with Gasteiger partial charge in [-0.15, -0.1) is 0 Å². The van der Waals surface area contributed by atoms with Crippen LogP contribution in [-0.4, -0.2) is 36.1 Å². The van der Waals surface area contributed by atoms with Gasteiger partial charge in [0.25, 0.3) is 5.69 Å². The minimum absolute atomic E-state index is 0.0309. The summed E-state index contributed by atoms with van der Waals surface area (Å²) in [4.78, 5) is 20.5. The van der Waals surface area contributed by atoms with Crippen LogP contribution in [0, 0.1) is 10.1 Å². The summed E-state index contributed by atoms with van der Waals surface area (Å²) in [5, 5.41) is 24.3. The van der Waals surface area contributed by atoms with Crippen LogP contribution < -0.4 is 14.8 Å². The monoisotopic (exact) mass is 411 g/mol. The Morgan fingerprint density at radius 1 is 1.22 bits per heavy atom. The minimum atomic E-state index is -4.29. The molecule has 1 amide bonds. The number of hydrogen-bond acceptors (Lipinski definition) is 7. The predicted octanol–water partition coefficient (Wildman–Crippen LogP) is 2.37. The van der Waals surface area contributed by atoms with Crippen molar-refractivity contribution in [2.45, 2.75) is 4.90 Å². The lowest BCUT2D eigenvalue weighted by Crippen LogP contribution is -2.30. The highest BCUT2D eigenvalue weighted by Gasteiger charge is 2.23. The summed E-state index contributed by atoms with van der Waals surface area (Å²) >= 11 is 4.89. The number of carbonyl (C=O) groups is 1. The van der Waals surface area contributed by atoms with E-state index in [0.717, 1.165) is 18.2 Å². The number of benzene rings is 2. The van der Waals surface area contributed by atoms with E-state index in [1.165, 1.54) is 12.1 Å². The number of amides is 1. The standard InChI is InChI=1S/C15H13N3O7S2/c19-15(20)16-9-14(26)17-12-7-6-11(8-13(12)18(21)22)27(23,24)25-10-4-2-1-3-5-10/h1-8,16H,9H2,(H,17,26)(H,19,20). The molecule has 0 atom stereocenters. The van der Waals surface area contributed by atoms with Crippen LogP contribution in [0.3, 0.4) is 0 Å². The Hall–Kier alpha value is -3.25. The van der Waals surface area contributed by atoms with Crippen LogP contribution in [0.1, 0.15) is 0 Å². The number of nitro groups is 1. The Morgan fingerprint density at radius 3 is 2.48 bits per heavy atom. The van der Waals surface area contributed by atoms with Crippen LogP contribution in [0.25, 0.3) is 0 Å². The van der Waals surface area contributed by atoms with E-state index in [1.54, 1.807) is 18.2 Å². The van der Waals surface area contributed by atoms with Gasteiger partial charge in [0.15, 0.2) is 0 Å². The first-order chi connectivity index (χ1) is 12.7. The number of nitrogens with one attached hydrogen (secondary N) is 2. The Balaban J connectivity index is 2.27. The molecule has 2 aromatic carbocycles. The van der Waals surface area contributed by atoms with Gasteiger partial charge < -0.3 is 19.9 Å². The van der Waals surface area contributed by atoms with Gasteiger partial charge in [0.1, 0.15) is 16.3 Å². The molecule has 10 nitrogen and oxygen atoms in total.